The molecule has 1 saturated heterocycles. The maximum Gasteiger partial charge on any atom is 0.323 e. The van der Waals surface area contributed by atoms with Gasteiger partial charge in [-0.05, 0) is 75.1 Å². The number of benzene rings is 2. The highest BCUT2D eigenvalue weighted by Gasteiger charge is 2.36. The van der Waals surface area contributed by atoms with Crippen LogP contribution in [0.4, 0.5) is 16.2 Å². The van der Waals surface area contributed by atoms with Crippen molar-refractivity contribution in [1.29, 1.82) is 0 Å². The predicted molar refractivity (Wildman–Crippen MR) is 140 cm³/mol. The van der Waals surface area contributed by atoms with Crippen molar-refractivity contribution in [3.05, 3.63) is 70.6 Å². The van der Waals surface area contributed by atoms with Crippen molar-refractivity contribution in [2.24, 2.45) is 0 Å². The van der Waals surface area contributed by atoms with Crippen LogP contribution in [0, 0.1) is 13.8 Å². The van der Waals surface area contributed by atoms with E-state index >= 15 is 0 Å². The maximum absolute atomic E-state index is 13.6. The lowest BCUT2D eigenvalue weighted by Crippen LogP contribution is -2.48. The average molecular weight is 546 g/mol. The Labute approximate surface area is 220 Å². The minimum absolute atomic E-state index is 0.0192. The molecule has 0 radical (unpaired) electrons. The Kier molecular flexibility index (Phi) is 8.16. The molecule has 3 aromatic rings. The van der Waals surface area contributed by atoms with Crippen LogP contribution in [0.1, 0.15) is 36.3 Å². The molecule has 4 rings (SSSR count). The summed E-state index contributed by atoms with van der Waals surface area (Å²) in [6.45, 7) is 3.91. The first kappa shape index (κ1) is 26.6. The van der Waals surface area contributed by atoms with E-state index in [2.05, 4.69) is 21.1 Å². The fourth-order valence-electron chi connectivity index (χ4n) is 4.11. The molecule has 1 unspecified atom stereocenters. The third kappa shape index (κ3) is 6.30. The van der Waals surface area contributed by atoms with Crippen LogP contribution in [-0.2, 0) is 21.4 Å². The van der Waals surface area contributed by atoms with E-state index < -0.39 is 22.1 Å². The van der Waals surface area contributed by atoms with E-state index in [0.717, 1.165) is 12.8 Å². The summed E-state index contributed by atoms with van der Waals surface area (Å²) < 4.78 is 33.6. The molecule has 2 heterocycles. The van der Waals surface area contributed by atoms with E-state index in [1.807, 2.05) is 0 Å². The minimum Gasteiger partial charge on any atom is -0.359 e. The molecule has 3 N–H and O–H groups in total. The second-order valence-electron chi connectivity index (χ2n) is 8.78. The molecule has 0 saturated carbocycles. The molecule has 1 fully saturated rings. The van der Waals surface area contributed by atoms with Crippen LogP contribution in [0.15, 0.2) is 57.9 Å². The normalized spacial score (nSPS) is 16.2. The third-order valence-corrected chi connectivity index (χ3v) is 8.22. The number of carbonyl (C=O) groups is 2. The smallest absolute Gasteiger partial charge is 0.323 e. The number of hydrogen-bond donors (Lipinski definition) is 3. The summed E-state index contributed by atoms with van der Waals surface area (Å²) in [6, 6.07) is 11.3. The van der Waals surface area contributed by atoms with Crippen molar-refractivity contribution in [2.45, 2.75) is 50.6 Å². The Hall–Kier alpha value is -3.41. The van der Waals surface area contributed by atoms with Gasteiger partial charge in [0, 0.05) is 23.8 Å². The number of nitrogens with one attached hydrogen (secondary N) is 3. The summed E-state index contributed by atoms with van der Waals surface area (Å²) in [6.07, 6.45) is 1.92. The first-order valence-corrected chi connectivity index (χ1v) is 13.6. The van der Waals surface area contributed by atoms with Gasteiger partial charge in [-0.25, -0.2) is 13.2 Å². The maximum atomic E-state index is 13.6. The fraction of sp³-hybridized carbons (Fsp3) is 0.320. The van der Waals surface area contributed by atoms with Gasteiger partial charge in [0.05, 0.1) is 4.90 Å². The molecular weight excluding hydrogens is 518 g/mol. The Morgan fingerprint density at radius 1 is 1.11 bits per heavy atom. The second kappa shape index (κ2) is 11.3. The molecule has 10 nitrogen and oxygen atoms in total. The van der Waals surface area contributed by atoms with Gasteiger partial charge in [0.2, 0.25) is 15.9 Å². The van der Waals surface area contributed by atoms with Crippen molar-refractivity contribution in [1.82, 2.24) is 14.8 Å². The van der Waals surface area contributed by atoms with E-state index in [4.69, 9.17) is 16.1 Å². The summed E-state index contributed by atoms with van der Waals surface area (Å²) in [5, 5.41) is 12.5. The first-order valence-electron chi connectivity index (χ1n) is 11.8. The van der Waals surface area contributed by atoms with Gasteiger partial charge in [0.15, 0.2) is 5.76 Å². The summed E-state index contributed by atoms with van der Waals surface area (Å²) >= 11 is 5.96. The summed E-state index contributed by atoms with van der Waals surface area (Å²) in [7, 11) is -4.01. The number of amides is 3. The highest BCUT2D eigenvalue weighted by molar-refractivity contribution is 7.89. The number of sulfonamides is 1. The number of aromatic nitrogens is 1. The molecule has 0 bridgehead atoms. The molecule has 0 aliphatic carbocycles. The van der Waals surface area contributed by atoms with Gasteiger partial charge in [0.25, 0.3) is 0 Å². The molecule has 12 heteroatoms. The van der Waals surface area contributed by atoms with Gasteiger partial charge in [-0.15, -0.1) is 0 Å². The number of rotatable bonds is 7. The zero-order valence-electron chi connectivity index (χ0n) is 20.5. The number of carbonyl (C=O) groups excluding carboxylic acids is 2. The molecule has 1 aliphatic heterocycles. The summed E-state index contributed by atoms with van der Waals surface area (Å²) in [5.74, 6) is 0.178. The number of urea groups is 1. The van der Waals surface area contributed by atoms with Gasteiger partial charge < -0.3 is 20.5 Å². The molecule has 1 atom stereocenters. The predicted octanol–water partition coefficient (Wildman–Crippen LogP) is 4.45. The molecular formula is C25H28ClN5O5S. The zero-order chi connectivity index (χ0) is 26.6. The van der Waals surface area contributed by atoms with Crippen LogP contribution in [0.3, 0.4) is 0 Å². The minimum atomic E-state index is -4.01. The van der Waals surface area contributed by atoms with E-state index in [9.17, 15) is 18.0 Å². The van der Waals surface area contributed by atoms with Crippen LogP contribution >= 0.6 is 11.6 Å². The lowest BCUT2D eigenvalue weighted by molar-refractivity contribution is -0.124. The fourth-order valence-corrected chi connectivity index (χ4v) is 5.85. The molecule has 2 aromatic carbocycles. The quantitative estimate of drug-likeness (QED) is 0.401. The largest absolute Gasteiger partial charge is 0.359 e. The van der Waals surface area contributed by atoms with Crippen LogP contribution in [0.5, 0.6) is 0 Å². The Bertz CT molecular complexity index is 1350. The monoisotopic (exact) mass is 545 g/mol. The number of halogens is 1. The Balaban J connectivity index is 1.54. The van der Waals surface area contributed by atoms with Crippen molar-refractivity contribution in [2.75, 3.05) is 17.2 Å². The van der Waals surface area contributed by atoms with E-state index in [1.165, 1.54) is 28.6 Å². The molecule has 3 amide bonds. The molecule has 0 spiro atoms. The number of aryl methyl sites for hydroxylation is 2. The highest BCUT2D eigenvalue weighted by Crippen LogP contribution is 2.26. The number of hydrogen-bond acceptors (Lipinski definition) is 6. The topological polar surface area (TPSA) is 134 Å². The van der Waals surface area contributed by atoms with E-state index in [-0.39, 0.29) is 17.3 Å². The molecule has 196 valence electrons. The van der Waals surface area contributed by atoms with Crippen LogP contribution in [0.25, 0.3) is 0 Å². The molecule has 1 aromatic heterocycles. The van der Waals surface area contributed by atoms with Crippen molar-refractivity contribution in [3.63, 3.8) is 0 Å². The second-order valence-corrected chi connectivity index (χ2v) is 11.1. The highest BCUT2D eigenvalue weighted by atomic mass is 35.5. The Morgan fingerprint density at radius 3 is 2.46 bits per heavy atom. The summed E-state index contributed by atoms with van der Waals surface area (Å²) in [5.41, 5.74) is 2.23. The van der Waals surface area contributed by atoms with Crippen LogP contribution in [-0.4, -0.2) is 42.4 Å². The zero-order valence-corrected chi connectivity index (χ0v) is 22.0. The molecule has 1 aliphatic rings. The van der Waals surface area contributed by atoms with Crippen LogP contribution in [0.2, 0.25) is 5.02 Å². The average Bonchev–Trinajstić information content (AvgIpc) is 3.04. The first-order chi connectivity index (χ1) is 17.6. The van der Waals surface area contributed by atoms with E-state index in [0.29, 0.717) is 46.4 Å². The van der Waals surface area contributed by atoms with Crippen LogP contribution < -0.4 is 16.0 Å². The lowest BCUT2D eigenvalue weighted by Gasteiger charge is -2.29. The van der Waals surface area contributed by atoms with Crippen molar-refractivity contribution >= 4 is 44.9 Å². The summed E-state index contributed by atoms with van der Waals surface area (Å²) in [4.78, 5) is 25.3. The lowest BCUT2D eigenvalue weighted by atomic mass is 10.1. The number of nitrogens with zero attached hydrogens (tertiary/aromatic N) is 2. The third-order valence-electron chi connectivity index (χ3n) is 6.10. The standard InChI is InChI=1S/C25H28ClN5O5S/c1-16-23(17(2)36-30-16)29-25(33)28-20-10-6-18(7-11-20)15-31(22-5-3-4-14-27-24(22)32)37(34,35)21-12-8-19(26)9-13-21/h6-13,22H,3-5,14-15H2,1-2H3,(H,27,32)(H2,28,29,33). The van der Waals surface area contributed by atoms with Gasteiger partial charge in [-0.3, -0.25) is 4.79 Å². The van der Waals surface area contributed by atoms with Gasteiger partial charge >= 0.3 is 6.03 Å². The number of anilines is 2. The van der Waals surface area contributed by atoms with Gasteiger partial charge in [-0.2, -0.15) is 4.31 Å². The van der Waals surface area contributed by atoms with Crippen molar-refractivity contribution < 1.29 is 22.5 Å². The van der Waals surface area contributed by atoms with Gasteiger partial charge in [-0.1, -0.05) is 28.9 Å². The SMILES string of the molecule is Cc1noc(C)c1NC(=O)Nc1ccc(CN(C2CCCCNC2=O)S(=O)(=O)c2ccc(Cl)cc2)cc1. The van der Waals surface area contributed by atoms with Gasteiger partial charge in [0.1, 0.15) is 17.4 Å². The molecule has 37 heavy (non-hydrogen) atoms. The van der Waals surface area contributed by atoms with Crippen molar-refractivity contribution in [3.8, 4) is 0 Å². The Morgan fingerprint density at radius 2 is 1.81 bits per heavy atom. The van der Waals surface area contributed by atoms with E-state index in [1.54, 1.807) is 38.1 Å².